The van der Waals surface area contributed by atoms with Crippen molar-refractivity contribution in [2.45, 2.75) is 6.10 Å². The topological polar surface area (TPSA) is 29.5 Å². The third-order valence-corrected chi connectivity index (χ3v) is 4.05. The SMILES string of the molecule is O=C(c1ccsc1)N1CCO[C@@H](c2ccc(F)cc2)C1. The summed E-state index contributed by atoms with van der Waals surface area (Å²) in [6.45, 7) is 1.59. The third kappa shape index (κ3) is 2.73. The van der Waals surface area contributed by atoms with Crippen LogP contribution in [0.5, 0.6) is 0 Å². The second kappa shape index (κ2) is 5.73. The Bertz CT molecular complexity index is 582. The molecule has 1 amide bonds. The van der Waals surface area contributed by atoms with Gasteiger partial charge in [-0.25, -0.2) is 4.39 Å². The first-order chi connectivity index (χ1) is 9.74. The van der Waals surface area contributed by atoms with Crippen LogP contribution in [0.3, 0.4) is 0 Å². The minimum absolute atomic E-state index is 0.0293. The molecule has 3 nitrogen and oxygen atoms in total. The predicted octanol–water partition coefficient (Wildman–Crippen LogP) is 3.10. The summed E-state index contributed by atoms with van der Waals surface area (Å²) in [4.78, 5) is 14.1. The van der Waals surface area contributed by atoms with Crippen molar-refractivity contribution in [3.05, 3.63) is 58.0 Å². The highest BCUT2D eigenvalue weighted by Crippen LogP contribution is 2.23. The van der Waals surface area contributed by atoms with Crippen LogP contribution in [0.1, 0.15) is 22.0 Å². The molecule has 20 heavy (non-hydrogen) atoms. The second-order valence-electron chi connectivity index (χ2n) is 4.67. The molecule has 1 aromatic carbocycles. The number of nitrogens with zero attached hydrogens (tertiary/aromatic N) is 1. The van der Waals surface area contributed by atoms with E-state index in [4.69, 9.17) is 4.74 Å². The van der Waals surface area contributed by atoms with Gasteiger partial charge in [-0.15, -0.1) is 0 Å². The van der Waals surface area contributed by atoms with Crippen LogP contribution in [-0.4, -0.2) is 30.5 Å². The van der Waals surface area contributed by atoms with E-state index in [0.717, 1.165) is 11.1 Å². The van der Waals surface area contributed by atoms with Gasteiger partial charge in [0.2, 0.25) is 0 Å². The van der Waals surface area contributed by atoms with Crippen LogP contribution in [0.25, 0.3) is 0 Å². The number of hydrogen-bond acceptors (Lipinski definition) is 3. The lowest BCUT2D eigenvalue weighted by Gasteiger charge is -2.33. The van der Waals surface area contributed by atoms with Gasteiger partial charge in [0.05, 0.1) is 18.7 Å². The lowest BCUT2D eigenvalue weighted by Crippen LogP contribution is -2.42. The van der Waals surface area contributed by atoms with Gasteiger partial charge in [0, 0.05) is 11.9 Å². The molecule has 2 heterocycles. The van der Waals surface area contributed by atoms with Gasteiger partial charge >= 0.3 is 0 Å². The first kappa shape index (κ1) is 13.3. The van der Waals surface area contributed by atoms with Crippen LogP contribution in [0.15, 0.2) is 41.1 Å². The molecule has 0 radical (unpaired) electrons. The van der Waals surface area contributed by atoms with E-state index in [0.29, 0.717) is 19.7 Å². The molecule has 0 unspecified atom stereocenters. The standard InChI is InChI=1S/C15H14FNO2S/c16-13-3-1-11(2-4-13)14-9-17(6-7-19-14)15(18)12-5-8-20-10-12/h1-5,8,10,14H,6-7,9H2/t14-/m1/s1. The lowest BCUT2D eigenvalue weighted by molar-refractivity contribution is -0.0228. The highest BCUT2D eigenvalue weighted by atomic mass is 32.1. The molecule has 5 heteroatoms. The third-order valence-electron chi connectivity index (χ3n) is 3.36. The largest absolute Gasteiger partial charge is 0.370 e. The molecular weight excluding hydrogens is 277 g/mol. The Kier molecular flexibility index (Phi) is 3.80. The Balaban J connectivity index is 1.73. The zero-order valence-corrected chi connectivity index (χ0v) is 11.6. The first-order valence-corrected chi connectivity index (χ1v) is 7.37. The number of hydrogen-bond donors (Lipinski definition) is 0. The van der Waals surface area contributed by atoms with Crippen LogP contribution >= 0.6 is 11.3 Å². The second-order valence-corrected chi connectivity index (χ2v) is 5.45. The summed E-state index contributed by atoms with van der Waals surface area (Å²) in [5, 5.41) is 3.75. The van der Waals surface area contributed by atoms with E-state index in [2.05, 4.69) is 0 Å². The van der Waals surface area contributed by atoms with Crippen LogP contribution in [0.4, 0.5) is 4.39 Å². The summed E-state index contributed by atoms with van der Waals surface area (Å²) in [5.41, 5.74) is 1.61. The maximum absolute atomic E-state index is 12.9. The molecule has 1 aromatic heterocycles. The Hall–Kier alpha value is -1.72. The van der Waals surface area contributed by atoms with Crippen molar-refractivity contribution < 1.29 is 13.9 Å². The van der Waals surface area contributed by atoms with Gasteiger partial charge in [0.15, 0.2) is 0 Å². The predicted molar refractivity (Wildman–Crippen MR) is 75.3 cm³/mol. The Morgan fingerprint density at radius 3 is 2.80 bits per heavy atom. The van der Waals surface area contributed by atoms with E-state index in [1.54, 1.807) is 17.0 Å². The van der Waals surface area contributed by atoms with Gasteiger partial charge in [-0.2, -0.15) is 11.3 Å². The smallest absolute Gasteiger partial charge is 0.254 e. The monoisotopic (exact) mass is 291 g/mol. The van der Waals surface area contributed by atoms with Crippen molar-refractivity contribution in [2.75, 3.05) is 19.7 Å². The maximum atomic E-state index is 12.9. The van der Waals surface area contributed by atoms with E-state index in [-0.39, 0.29) is 17.8 Å². The highest BCUT2D eigenvalue weighted by Gasteiger charge is 2.26. The van der Waals surface area contributed by atoms with Crippen molar-refractivity contribution in [1.82, 2.24) is 4.90 Å². The van der Waals surface area contributed by atoms with Gasteiger partial charge in [0.25, 0.3) is 5.91 Å². The number of benzene rings is 1. The van der Waals surface area contributed by atoms with Gasteiger partial charge in [0.1, 0.15) is 11.9 Å². The molecule has 1 atom stereocenters. The van der Waals surface area contributed by atoms with Gasteiger partial charge in [-0.1, -0.05) is 12.1 Å². The Morgan fingerprint density at radius 1 is 1.30 bits per heavy atom. The number of thiophene rings is 1. The van der Waals surface area contributed by atoms with Crippen molar-refractivity contribution >= 4 is 17.2 Å². The molecule has 0 N–H and O–H groups in total. The van der Waals surface area contributed by atoms with Crippen molar-refractivity contribution in [3.8, 4) is 0 Å². The number of morpholine rings is 1. The lowest BCUT2D eigenvalue weighted by atomic mass is 10.1. The van der Waals surface area contributed by atoms with E-state index < -0.39 is 0 Å². The molecule has 1 aliphatic heterocycles. The molecule has 1 saturated heterocycles. The average molecular weight is 291 g/mol. The zero-order valence-electron chi connectivity index (χ0n) is 10.8. The molecule has 2 aromatic rings. The zero-order chi connectivity index (χ0) is 13.9. The number of ether oxygens (including phenoxy) is 1. The van der Waals surface area contributed by atoms with Gasteiger partial charge < -0.3 is 9.64 Å². The number of rotatable bonds is 2. The van der Waals surface area contributed by atoms with E-state index >= 15 is 0 Å². The minimum atomic E-state index is -0.268. The molecule has 0 bridgehead atoms. The van der Waals surface area contributed by atoms with Crippen molar-refractivity contribution in [3.63, 3.8) is 0 Å². The Morgan fingerprint density at radius 2 is 2.10 bits per heavy atom. The molecule has 0 spiro atoms. The first-order valence-electron chi connectivity index (χ1n) is 6.42. The van der Waals surface area contributed by atoms with Gasteiger partial charge in [-0.05, 0) is 29.1 Å². The van der Waals surface area contributed by atoms with Gasteiger partial charge in [-0.3, -0.25) is 4.79 Å². The van der Waals surface area contributed by atoms with Crippen LogP contribution in [0.2, 0.25) is 0 Å². The molecule has 0 aliphatic carbocycles. The summed E-state index contributed by atoms with van der Waals surface area (Å²) in [6.07, 6.45) is -0.188. The molecule has 1 fully saturated rings. The summed E-state index contributed by atoms with van der Waals surface area (Å²) in [5.74, 6) is -0.238. The number of carbonyl (C=O) groups is 1. The number of halogens is 1. The van der Waals surface area contributed by atoms with Crippen LogP contribution in [-0.2, 0) is 4.74 Å². The molecule has 104 valence electrons. The Labute approximate surface area is 120 Å². The van der Waals surface area contributed by atoms with Crippen LogP contribution < -0.4 is 0 Å². The summed E-state index contributed by atoms with van der Waals surface area (Å²) in [7, 11) is 0. The number of carbonyl (C=O) groups excluding carboxylic acids is 1. The van der Waals surface area contributed by atoms with E-state index in [1.165, 1.54) is 23.5 Å². The van der Waals surface area contributed by atoms with Crippen LogP contribution in [0, 0.1) is 5.82 Å². The molecule has 1 aliphatic rings. The quantitative estimate of drug-likeness (QED) is 0.851. The minimum Gasteiger partial charge on any atom is -0.370 e. The number of amides is 1. The summed E-state index contributed by atoms with van der Waals surface area (Å²) >= 11 is 1.51. The molecule has 3 rings (SSSR count). The maximum Gasteiger partial charge on any atom is 0.254 e. The van der Waals surface area contributed by atoms with Crippen molar-refractivity contribution in [2.24, 2.45) is 0 Å². The van der Waals surface area contributed by atoms with E-state index in [9.17, 15) is 9.18 Å². The average Bonchev–Trinajstić information content (AvgIpc) is 3.01. The molecule has 0 saturated carbocycles. The fraction of sp³-hybridized carbons (Fsp3) is 0.267. The fourth-order valence-corrected chi connectivity index (χ4v) is 2.91. The normalized spacial score (nSPS) is 19.1. The summed E-state index contributed by atoms with van der Waals surface area (Å²) < 4.78 is 18.6. The molecular formula is C15H14FNO2S. The van der Waals surface area contributed by atoms with Crippen molar-refractivity contribution in [1.29, 1.82) is 0 Å². The fourth-order valence-electron chi connectivity index (χ4n) is 2.28. The summed E-state index contributed by atoms with van der Waals surface area (Å²) in [6, 6.07) is 8.07. The highest BCUT2D eigenvalue weighted by molar-refractivity contribution is 7.08. The van der Waals surface area contributed by atoms with E-state index in [1.807, 2.05) is 16.8 Å².